The van der Waals surface area contributed by atoms with Crippen molar-refractivity contribution in [3.05, 3.63) is 109 Å². The maximum absolute atomic E-state index is 4.38. The van der Waals surface area contributed by atoms with Gasteiger partial charge < -0.3 is 16.0 Å². The molecule has 0 bridgehead atoms. The standard InChI is InChI=1S/C32H49N3/c1-10-13-16-29-17-15-19-31(21-20-29)27(8)35-32(28(9)34-25(6)22-24(4)5)23-33-26(7)30(12-3)18-14-11-2/h11-12,14-15,18-21,24-25,32-35H,2,7-10,13,16-17,22-23H2,1,3-6H3/b18-14-,30-12+/t25?,32-/m0/s1. The van der Waals surface area contributed by atoms with Gasteiger partial charge in [-0.25, -0.2) is 0 Å². The van der Waals surface area contributed by atoms with E-state index < -0.39 is 0 Å². The highest BCUT2D eigenvalue weighted by atomic mass is 15.1. The van der Waals surface area contributed by atoms with Crippen LogP contribution in [-0.2, 0) is 0 Å². The largest absolute Gasteiger partial charge is 0.385 e. The van der Waals surface area contributed by atoms with Gasteiger partial charge in [-0.15, -0.1) is 0 Å². The van der Waals surface area contributed by atoms with Gasteiger partial charge in [0.2, 0.25) is 0 Å². The van der Waals surface area contributed by atoms with Gasteiger partial charge in [-0.05, 0) is 56.6 Å². The van der Waals surface area contributed by atoms with Crippen LogP contribution in [0.25, 0.3) is 0 Å². The predicted octanol–water partition coefficient (Wildman–Crippen LogP) is 7.79. The van der Waals surface area contributed by atoms with Gasteiger partial charge in [0.05, 0.1) is 6.04 Å². The Balaban J connectivity index is 2.99. The van der Waals surface area contributed by atoms with Crippen LogP contribution in [0.15, 0.2) is 109 Å². The van der Waals surface area contributed by atoms with Crippen LogP contribution in [0.5, 0.6) is 0 Å². The molecule has 0 aromatic heterocycles. The molecule has 0 aromatic rings. The number of hydrogen-bond acceptors (Lipinski definition) is 3. The molecule has 1 aliphatic carbocycles. The highest BCUT2D eigenvalue weighted by Crippen LogP contribution is 2.20. The van der Waals surface area contributed by atoms with E-state index in [0.29, 0.717) is 18.5 Å². The van der Waals surface area contributed by atoms with Crippen molar-refractivity contribution in [1.82, 2.24) is 16.0 Å². The van der Waals surface area contributed by atoms with Crippen molar-refractivity contribution < 1.29 is 0 Å². The van der Waals surface area contributed by atoms with Crippen LogP contribution in [0, 0.1) is 5.92 Å². The summed E-state index contributed by atoms with van der Waals surface area (Å²) in [5, 5.41) is 10.7. The maximum atomic E-state index is 4.38. The topological polar surface area (TPSA) is 36.1 Å². The quantitative estimate of drug-likeness (QED) is 0.188. The van der Waals surface area contributed by atoms with Crippen LogP contribution >= 0.6 is 0 Å². The summed E-state index contributed by atoms with van der Waals surface area (Å²) in [5.41, 5.74) is 6.31. The average molecular weight is 476 g/mol. The van der Waals surface area contributed by atoms with E-state index in [4.69, 9.17) is 0 Å². The lowest BCUT2D eigenvalue weighted by molar-refractivity contribution is 0.449. The molecule has 0 fully saturated rings. The summed E-state index contributed by atoms with van der Waals surface area (Å²) in [6.07, 6.45) is 22.3. The van der Waals surface area contributed by atoms with Gasteiger partial charge in [0, 0.05) is 29.7 Å². The Bertz CT molecular complexity index is 876. The van der Waals surface area contributed by atoms with Gasteiger partial charge in [0.15, 0.2) is 0 Å². The molecule has 3 heteroatoms. The average Bonchev–Trinajstić information content (AvgIpc) is 3.05. The van der Waals surface area contributed by atoms with Crippen LogP contribution in [0.4, 0.5) is 0 Å². The molecule has 0 aromatic carbocycles. The van der Waals surface area contributed by atoms with Gasteiger partial charge in [0.1, 0.15) is 0 Å². The third kappa shape index (κ3) is 11.8. The third-order valence-electron chi connectivity index (χ3n) is 5.99. The molecule has 0 spiro atoms. The minimum atomic E-state index is -0.0588. The van der Waals surface area contributed by atoms with Crippen molar-refractivity contribution in [2.75, 3.05) is 6.54 Å². The van der Waals surface area contributed by atoms with E-state index in [0.717, 1.165) is 47.5 Å². The zero-order chi connectivity index (χ0) is 26.2. The molecule has 3 nitrogen and oxygen atoms in total. The zero-order valence-electron chi connectivity index (χ0n) is 22.9. The highest BCUT2D eigenvalue weighted by molar-refractivity contribution is 5.43. The van der Waals surface area contributed by atoms with E-state index in [-0.39, 0.29) is 6.04 Å². The van der Waals surface area contributed by atoms with E-state index in [9.17, 15) is 0 Å². The van der Waals surface area contributed by atoms with E-state index in [1.54, 1.807) is 6.08 Å². The minimum absolute atomic E-state index is 0.0588. The van der Waals surface area contributed by atoms with Crippen LogP contribution in [0.2, 0.25) is 0 Å². The molecule has 0 heterocycles. The molecule has 0 amide bonds. The van der Waals surface area contributed by atoms with Crippen molar-refractivity contribution in [1.29, 1.82) is 0 Å². The fourth-order valence-corrected chi connectivity index (χ4v) is 4.07. The number of nitrogens with one attached hydrogen (secondary N) is 3. The molecule has 0 radical (unpaired) electrons. The van der Waals surface area contributed by atoms with E-state index in [2.05, 4.69) is 94.3 Å². The Labute approximate surface area is 215 Å². The van der Waals surface area contributed by atoms with Gasteiger partial charge in [-0.1, -0.05) is 108 Å². The first kappa shape index (κ1) is 30.1. The highest BCUT2D eigenvalue weighted by Gasteiger charge is 2.17. The second-order valence-corrected chi connectivity index (χ2v) is 9.73. The van der Waals surface area contributed by atoms with Gasteiger partial charge >= 0.3 is 0 Å². The molecule has 192 valence electrons. The molecule has 1 aliphatic rings. The van der Waals surface area contributed by atoms with Gasteiger partial charge in [-0.2, -0.15) is 0 Å². The fraction of sp³-hybridized carbons (Fsp3) is 0.438. The molecular formula is C32H49N3. The van der Waals surface area contributed by atoms with E-state index in [1.165, 1.54) is 18.4 Å². The number of hydrogen-bond donors (Lipinski definition) is 3. The Morgan fingerprint density at radius 3 is 2.49 bits per heavy atom. The molecule has 1 unspecified atom stereocenters. The first-order valence-corrected chi connectivity index (χ1v) is 13.1. The Kier molecular flexibility index (Phi) is 14.3. The first-order valence-electron chi connectivity index (χ1n) is 13.1. The summed E-state index contributed by atoms with van der Waals surface area (Å²) in [6.45, 7) is 28.3. The lowest BCUT2D eigenvalue weighted by atomic mass is 10.0. The molecule has 35 heavy (non-hydrogen) atoms. The van der Waals surface area contributed by atoms with Crippen molar-refractivity contribution in [3.8, 4) is 0 Å². The van der Waals surface area contributed by atoms with Gasteiger partial charge in [-0.3, -0.25) is 0 Å². The minimum Gasteiger partial charge on any atom is -0.385 e. The normalized spacial score (nSPS) is 15.7. The SMILES string of the molecule is C=C/C=C\C(=C/C)C(=C)NC[C@H](NC(=C)C1=CC=C(CCCC)CC=C1)C(=C)NC(C)CC(C)C. The smallest absolute Gasteiger partial charge is 0.0826 e. The lowest BCUT2D eigenvalue weighted by Crippen LogP contribution is -2.45. The lowest BCUT2D eigenvalue weighted by Gasteiger charge is -2.28. The summed E-state index contributed by atoms with van der Waals surface area (Å²) in [5.74, 6) is 0.619. The Morgan fingerprint density at radius 1 is 1.11 bits per heavy atom. The molecule has 0 aliphatic heterocycles. The Morgan fingerprint density at radius 2 is 1.86 bits per heavy atom. The third-order valence-corrected chi connectivity index (χ3v) is 5.99. The van der Waals surface area contributed by atoms with Crippen LogP contribution < -0.4 is 16.0 Å². The first-order chi connectivity index (χ1) is 16.7. The molecule has 0 saturated heterocycles. The summed E-state index contributed by atoms with van der Waals surface area (Å²) in [7, 11) is 0. The summed E-state index contributed by atoms with van der Waals surface area (Å²) >= 11 is 0. The second kappa shape index (κ2) is 16.6. The Hall–Kier alpha value is -2.94. The summed E-state index contributed by atoms with van der Waals surface area (Å²) < 4.78 is 0. The van der Waals surface area contributed by atoms with Crippen LogP contribution in [-0.4, -0.2) is 18.6 Å². The molecule has 0 saturated carbocycles. The fourth-order valence-electron chi connectivity index (χ4n) is 4.07. The molecule has 2 atom stereocenters. The maximum Gasteiger partial charge on any atom is 0.0826 e. The summed E-state index contributed by atoms with van der Waals surface area (Å²) in [6, 6.07) is 0.280. The molecule has 1 rings (SSSR count). The van der Waals surface area contributed by atoms with E-state index in [1.807, 2.05) is 25.2 Å². The van der Waals surface area contributed by atoms with Crippen molar-refractivity contribution >= 4 is 0 Å². The second-order valence-electron chi connectivity index (χ2n) is 9.73. The zero-order valence-corrected chi connectivity index (χ0v) is 22.9. The van der Waals surface area contributed by atoms with E-state index >= 15 is 0 Å². The molecular weight excluding hydrogens is 426 g/mol. The van der Waals surface area contributed by atoms with Crippen LogP contribution in [0.3, 0.4) is 0 Å². The van der Waals surface area contributed by atoms with Crippen LogP contribution in [0.1, 0.15) is 66.7 Å². The van der Waals surface area contributed by atoms with Crippen molar-refractivity contribution in [3.63, 3.8) is 0 Å². The molecule has 3 N–H and O–H groups in total. The monoisotopic (exact) mass is 475 g/mol. The number of allylic oxidation sites excluding steroid dienone is 9. The number of rotatable bonds is 17. The predicted molar refractivity (Wildman–Crippen MR) is 157 cm³/mol. The number of unbranched alkanes of at least 4 members (excludes halogenated alkanes) is 1. The van der Waals surface area contributed by atoms with Gasteiger partial charge in [0.25, 0.3) is 0 Å². The summed E-state index contributed by atoms with van der Waals surface area (Å²) in [4.78, 5) is 0. The van der Waals surface area contributed by atoms with Crippen molar-refractivity contribution in [2.45, 2.75) is 78.8 Å². The van der Waals surface area contributed by atoms with Crippen molar-refractivity contribution in [2.24, 2.45) is 5.92 Å².